The number of nitrogens with zero attached hydrogens (tertiary/aromatic N) is 2. The average Bonchev–Trinajstić information content (AvgIpc) is 3.26. The molecule has 0 fully saturated rings. The first-order valence-electron chi connectivity index (χ1n) is 7.62. The Balaban J connectivity index is 1.69. The normalized spacial score (nSPS) is 10.8. The van der Waals surface area contributed by atoms with E-state index in [2.05, 4.69) is 10.3 Å². The lowest BCUT2D eigenvalue weighted by molar-refractivity contribution is -0.113. The van der Waals surface area contributed by atoms with Gasteiger partial charge < -0.3 is 10.1 Å². The minimum atomic E-state index is -0.469. The molecule has 3 aromatic heterocycles. The number of carbonyl (C=O) groups is 2. The van der Waals surface area contributed by atoms with Crippen LogP contribution in [0.25, 0.3) is 10.2 Å². The largest absolute Gasteiger partial charge is 0.462 e. The van der Waals surface area contributed by atoms with Crippen molar-refractivity contribution in [3.8, 4) is 0 Å². The number of hydrogen-bond donors (Lipinski definition) is 1. The predicted octanol–water partition coefficient (Wildman–Crippen LogP) is 2.96. The molecule has 26 heavy (non-hydrogen) atoms. The molecule has 0 saturated heterocycles. The summed E-state index contributed by atoms with van der Waals surface area (Å²) in [6.45, 7) is 1.99. The van der Waals surface area contributed by atoms with Crippen LogP contribution < -0.4 is 10.9 Å². The quantitative estimate of drug-likeness (QED) is 0.382. The minimum absolute atomic E-state index is 0.0656. The fourth-order valence-electron chi connectivity index (χ4n) is 2.17. The number of nitrogens with one attached hydrogen (secondary N) is 1. The van der Waals surface area contributed by atoms with Crippen molar-refractivity contribution in [3.05, 3.63) is 38.8 Å². The number of esters is 1. The van der Waals surface area contributed by atoms with Crippen molar-refractivity contribution in [2.45, 2.75) is 12.1 Å². The van der Waals surface area contributed by atoms with Crippen LogP contribution in [-0.4, -0.2) is 33.8 Å². The van der Waals surface area contributed by atoms with Crippen LogP contribution in [0.5, 0.6) is 0 Å². The van der Waals surface area contributed by atoms with E-state index >= 15 is 0 Å². The molecule has 0 bridgehead atoms. The molecule has 10 heteroatoms. The molecule has 136 valence electrons. The van der Waals surface area contributed by atoms with Gasteiger partial charge in [0.2, 0.25) is 5.91 Å². The molecule has 3 aromatic rings. The molecule has 0 spiro atoms. The summed E-state index contributed by atoms with van der Waals surface area (Å²) in [5.41, 5.74) is 0.833. The smallest absolute Gasteiger partial charge is 0.341 e. The Labute approximate surface area is 161 Å². The average molecular weight is 410 g/mol. The van der Waals surface area contributed by atoms with E-state index in [1.165, 1.54) is 39.0 Å². The molecule has 0 aliphatic heterocycles. The zero-order valence-electron chi connectivity index (χ0n) is 14.0. The highest BCUT2D eigenvalue weighted by Crippen LogP contribution is 2.25. The van der Waals surface area contributed by atoms with E-state index in [0.29, 0.717) is 25.9 Å². The second-order valence-electron chi connectivity index (χ2n) is 5.11. The number of aromatic nitrogens is 2. The third-order valence-corrected chi connectivity index (χ3v) is 6.14. The van der Waals surface area contributed by atoms with Gasteiger partial charge in [-0.3, -0.25) is 14.2 Å². The highest BCUT2D eigenvalue weighted by Gasteiger charge is 2.17. The highest BCUT2D eigenvalue weighted by molar-refractivity contribution is 7.99. The SMILES string of the molecule is CCOC(=O)c1ccsc1NC(=O)CSc1nc2ccsc2c(=O)n1C. The molecular formula is C16H15N3O4S3. The van der Waals surface area contributed by atoms with Gasteiger partial charge in [-0.05, 0) is 29.8 Å². The summed E-state index contributed by atoms with van der Waals surface area (Å²) in [6, 6.07) is 3.39. The van der Waals surface area contributed by atoms with Crippen molar-refractivity contribution in [2.75, 3.05) is 17.7 Å². The van der Waals surface area contributed by atoms with E-state index in [-0.39, 0.29) is 23.8 Å². The second-order valence-corrected chi connectivity index (χ2v) is 7.89. The van der Waals surface area contributed by atoms with Crippen LogP contribution in [0.15, 0.2) is 32.8 Å². The lowest BCUT2D eigenvalue weighted by Crippen LogP contribution is -2.21. The molecule has 0 saturated carbocycles. The topological polar surface area (TPSA) is 90.3 Å². The number of fused-ring (bicyclic) bond motifs is 1. The molecule has 7 nitrogen and oxygen atoms in total. The Hall–Kier alpha value is -2.17. The Morgan fingerprint density at radius 1 is 1.31 bits per heavy atom. The monoisotopic (exact) mass is 409 g/mol. The highest BCUT2D eigenvalue weighted by atomic mass is 32.2. The summed E-state index contributed by atoms with van der Waals surface area (Å²) in [4.78, 5) is 40.8. The van der Waals surface area contributed by atoms with E-state index in [1.807, 2.05) is 5.38 Å². The number of thioether (sulfide) groups is 1. The number of anilines is 1. The lowest BCUT2D eigenvalue weighted by atomic mass is 10.3. The molecule has 3 heterocycles. The van der Waals surface area contributed by atoms with Gasteiger partial charge in [-0.1, -0.05) is 11.8 Å². The maximum Gasteiger partial charge on any atom is 0.341 e. The zero-order chi connectivity index (χ0) is 18.7. The van der Waals surface area contributed by atoms with E-state index in [9.17, 15) is 14.4 Å². The number of amides is 1. The molecule has 0 aliphatic rings. The van der Waals surface area contributed by atoms with Crippen LogP contribution in [0.3, 0.4) is 0 Å². The van der Waals surface area contributed by atoms with Gasteiger partial charge in [0.1, 0.15) is 9.70 Å². The van der Waals surface area contributed by atoms with Crippen molar-refractivity contribution in [1.29, 1.82) is 0 Å². The molecule has 1 N–H and O–H groups in total. The van der Waals surface area contributed by atoms with Crippen molar-refractivity contribution in [3.63, 3.8) is 0 Å². The standard InChI is InChI=1S/C16H15N3O4S3/c1-3-23-15(22)9-4-6-25-13(9)18-11(20)8-26-16-17-10-5-7-24-12(10)14(21)19(16)2/h4-7H,3,8H2,1-2H3,(H,18,20). The first kappa shape index (κ1) is 18.6. The Morgan fingerprint density at radius 3 is 2.85 bits per heavy atom. The molecule has 1 amide bonds. The second kappa shape index (κ2) is 8.02. The number of carbonyl (C=O) groups excluding carboxylic acids is 2. The summed E-state index contributed by atoms with van der Waals surface area (Å²) in [6.07, 6.45) is 0. The van der Waals surface area contributed by atoms with Crippen molar-refractivity contribution < 1.29 is 14.3 Å². The van der Waals surface area contributed by atoms with Crippen LogP contribution >= 0.6 is 34.4 Å². The van der Waals surface area contributed by atoms with Crippen LogP contribution in [0.4, 0.5) is 5.00 Å². The maximum atomic E-state index is 12.3. The van der Waals surface area contributed by atoms with Crippen LogP contribution in [0.1, 0.15) is 17.3 Å². The summed E-state index contributed by atoms with van der Waals surface area (Å²) >= 11 is 3.76. The van der Waals surface area contributed by atoms with Crippen molar-refractivity contribution in [2.24, 2.45) is 7.05 Å². The summed E-state index contributed by atoms with van der Waals surface area (Å²) in [7, 11) is 1.63. The lowest BCUT2D eigenvalue weighted by Gasteiger charge is -2.08. The fraction of sp³-hybridized carbons (Fsp3) is 0.250. The van der Waals surface area contributed by atoms with E-state index < -0.39 is 5.97 Å². The Bertz CT molecular complexity index is 1020. The van der Waals surface area contributed by atoms with Gasteiger partial charge >= 0.3 is 5.97 Å². The third kappa shape index (κ3) is 3.81. The van der Waals surface area contributed by atoms with Gasteiger partial charge in [0.25, 0.3) is 5.56 Å². The van der Waals surface area contributed by atoms with Crippen molar-refractivity contribution in [1.82, 2.24) is 9.55 Å². The van der Waals surface area contributed by atoms with Gasteiger partial charge in [-0.2, -0.15) is 0 Å². The van der Waals surface area contributed by atoms with Gasteiger partial charge in [0.05, 0.1) is 23.4 Å². The molecule has 0 radical (unpaired) electrons. The molecule has 0 atom stereocenters. The van der Waals surface area contributed by atoms with Gasteiger partial charge in [-0.25, -0.2) is 9.78 Å². The Morgan fingerprint density at radius 2 is 2.08 bits per heavy atom. The summed E-state index contributed by atoms with van der Waals surface area (Å²) in [5, 5.41) is 7.15. The molecule has 0 aliphatic carbocycles. The predicted molar refractivity (Wildman–Crippen MR) is 104 cm³/mol. The summed E-state index contributed by atoms with van der Waals surface area (Å²) in [5.74, 6) is -0.692. The van der Waals surface area contributed by atoms with E-state index in [1.54, 1.807) is 31.5 Å². The minimum Gasteiger partial charge on any atom is -0.462 e. The third-order valence-electron chi connectivity index (χ3n) is 3.39. The van der Waals surface area contributed by atoms with Gasteiger partial charge in [-0.15, -0.1) is 22.7 Å². The van der Waals surface area contributed by atoms with Gasteiger partial charge in [0.15, 0.2) is 5.16 Å². The first-order valence-corrected chi connectivity index (χ1v) is 10.4. The molecule has 0 unspecified atom stereocenters. The number of thiophene rings is 2. The molecule has 0 aromatic carbocycles. The van der Waals surface area contributed by atoms with E-state index in [4.69, 9.17) is 4.74 Å². The summed E-state index contributed by atoms with van der Waals surface area (Å²) < 4.78 is 7.00. The maximum absolute atomic E-state index is 12.3. The number of rotatable bonds is 6. The van der Waals surface area contributed by atoms with Crippen LogP contribution in [-0.2, 0) is 16.6 Å². The molecule has 3 rings (SSSR count). The fourth-order valence-corrected chi connectivity index (χ4v) is 4.53. The molecular weight excluding hydrogens is 394 g/mol. The zero-order valence-corrected chi connectivity index (χ0v) is 16.4. The Kier molecular flexibility index (Phi) is 5.74. The van der Waals surface area contributed by atoms with Crippen LogP contribution in [0.2, 0.25) is 0 Å². The number of hydrogen-bond acceptors (Lipinski definition) is 8. The van der Waals surface area contributed by atoms with E-state index in [0.717, 1.165) is 0 Å². The number of ether oxygens (including phenoxy) is 1. The van der Waals surface area contributed by atoms with Crippen molar-refractivity contribution >= 4 is 61.5 Å². The first-order chi connectivity index (χ1) is 12.5. The van der Waals surface area contributed by atoms with Crippen LogP contribution in [0, 0.1) is 0 Å². The van der Waals surface area contributed by atoms with Gasteiger partial charge in [0, 0.05) is 7.05 Å².